The lowest BCUT2D eigenvalue weighted by atomic mass is 9.94. The van der Waals surface area contributed by atoms with Crippen molar-refractivity contribution in [1.82, 2.24) is 15.0 Å². The molecule has 30 heavy (non-hydrogen) atoms. The van der Waals surface area contributed by atoms with Gasteiger partial charge in [0.05, 0.1) is 23.2 Å². The van der Waals surface area contributed by atoms with Gasteiger partial charge in [0.1, 0.15) is 28.5 Å². The van der Waals surface area contributed by atoms with Gasteiger partial charge in [-0.3, -0.25) is 15.0 Å². The Morgan fingerprint density at radius 2 is 1.97 bits per heavy atom. The fourth-order valence-electron chi connectivity index (χ4n) is 3.35. The number of aliphatic imine (C=N–C) groups is 1. The van der Waals surface area contributed by atoms with Crippen LogP contribution in [0.4, 0.5) is 15.9 Å². The van der Waals surface area contributed by atoms with Crippen molar-refractivity contribution >= 4 is 38.2 Å². The van der Waals surface area contributed by atoms with Crippen molar-refractivity contribution in [3.63, 3.8) is 0 Å². The van der Waals surface area contributed by atoms with Gasteiger partial charge in [-0.25, -0.2) is 17.8 Å². The minimum Gasteiger partial charge on any atom is -0.384 e. The summed E-state index contributed by atoms with van der Waals surface area (Å²) in [5.74, 6) is -1.59. The Morgan fingerprint density at radius 3 is 2.70 bits per heavy atom. The summed E-state index contributed by atoms with van der Waals surface area (Å²) in [6.07, 6.45) is 4.19. The number of nitrogens with two attached hydrogens (primary N) is 1. The van der Waals surface area contributed by atoms with Crippen LogP contribution in [0.15, 0.2) is 47.8 Å². The molecule has 156 valence electrons. The summed E-state index contributed by atoms with van der Waals surface area (Å²) >= 11 is 0. The van der Waals surface area contributed by atoms with Crippen LogP contribution in [0.2, 0.25) is 0 Å². The van der Waals surface area contributed by atoms with E-state index in [1.807, 2.05) is 0 Å². The largest absolute Gasteiger partial charge is 0.384 e. The van der Waals surface area contributed by atoms with Crippen LogP contribution in [0.3, 0.4) is 0 Å². The fourth-order valence-corrected chi connectivity index (χ4v) is 4.95. The normalized spacial score (nSPS) is 25.7. The second-order valence-electron chi connectivity index (χ2n) is 7.42. The molecule has 2 atom stereocenters. The van der Waals surface area contributed by atoms with Crippen molar-refractivity contribution in [2.75, 3.05) is 11.1 Å². The highest BCUT2D eigenvalue weighted by molar-refractivity contribution is 7.93. The molecule has 4 N–H and O–H groups in total. The molecule has 11 heteroatoms. The van der Waals surface area contributed by atoms with Gasteiger partial charge >= 0.3 is 0 Å². The second kappa shape index (κ2) is 6.67. The minimum atomic E-state index is -4.11. The molecule has 0 bridgehead atoms. The molecule has 0 saturated carbocycles. The zero-order valence-electron chi connectivity index (χ0n) is 16.2. The standard InChI is InChI=1S/C19H19FN6O3S/c1-18(10-30(28,29)19(2,27)17(21)26-18)11-8-15(24-9-12(11)20)25-14-5-7-22-13-4-3-6-23-16(13)14/h3-9,27H,10H2,1-2H3,(H2,21,26)(H,22,24,25)/t18-,19+/m0/s1. The molecule has 4 heterocycles. The number of aliphatic hydroxyl groups is 1. The van der Waals surface area contributed by atoms with E-state index in [-0.39, 0.29) is 11.4 Å². The summed E-state index contributed by atoms with van der Waals surface area (Å²) in [6.45, 7) is 2.50. The number of sulfone groups is 1. The zero-order chi connectivity index (χ0) is 21.7. The van der Waals surface area contributed by atoms with Gasteiger partial charge in [0.25, 0.3) is 0 Å². The highest BCUT2D eigenvalue weighted by Gasteiger charge is 2.51. The number of halogens is 1. The van der Waals surface area contributed by atoms with Gasteiger partial charge in [-0.05, 0) is 38.1 Å². The molecule has 4 rings (SSSR count). The highest BCUT2D eigenvalue weighted by Crippen LogP contribution is 2.37. The molecule has 9 nitrogen and oxygen atoms in total. The molecular weight excluding hydrogens is 411 g/mol. The van der Waals surface area contributed by atoms with Crippen molar-refractivity contribution in [2.45, 2.75) is 24.3 Å². The Kier molecular flexibility index (Phi) is 4.47. The molecule has 0 unspecified atom stereocenters. The first kappa shape index (κ1) is 20.1. The van der Waals surface area contributed by atoms with Gasteiger partial charge in [0.2, 0.25) is 4.93 Å². The molecule has 0 fully saturated rings. The number of rotatable bonds is 3. The Labute approximate surface area is 171 Å². The summed E-state index contributed by atoms with van der Waals surface area (Å²) in [7, 11) is -4.11. The molecule has 0 amide bonds. The summed E-state index contributed by atoms with van der Waals surface area (Å²) in [5, 5.41) is 13.3. The van der Waals surface area contributed by atoms with Crippen LogP contribution in [0.5, 0.6) is 0 Å². The maximum absolute atomic E-state index is 14.7. The van der Waals surface area contributed by atoms with Crippen molar-refractivity contribution < 1.29 is 17.9 Å². The molecule has 0 saturated heterocycles. The number of nitrogens with one attached hydrogen (secondary N) is 1. The van der Waals surface area contributed by atoms with Crippen LogP contribution in [0.25, 0.3) is 11.0 Å². The van der Waals surface area contributed by atoms with E-state index >= 15 is 0 Å². The van der Waals surface area contributed by atoms with Crippen molar-refractivity contribution in [2.24, 2.45) is 10.7 Å². The lowest BCUT2D eigenvalue weighted by Crippen LogP contribution is -2.56. The van der Waals surface area contributed by atoms with Crippen molar-refractivity contribution in [3.05, 3.63) is 54.2 Å². The number of fused-ring (bicyclic) bond motifs is 1. The van der Waals surface area contributed by atoms with Crippen LogP contribution < -0.4 is 11.1 Å². The monoisotopic (exact) mass is 430 g/mol. The van der Waals surface area contributed by atoms with Gasteiger partial charge in [-0.2, -0.15) is 0 Å². The second-order valence-corrected chi connectivity index (χ2v) is 9.73. The quantitative estimate of drug-likeness (QED) is 0.569. The Hall–Kier alpha value is -3.18. The minimum absolute atomic E-state index is 0.0201. The summed E-state index contributed by atoms with van der Waals surface area (Å²) < 4.78 is 39.8. The van der Waals surface area contributed by atoms with Crippen LogP contribution >= 0.6 is 0 Å². The van der Waals surface area contributed by atoms with Crippen LogP contribution in [-0.2, 0) is 15.4 Å². The van der Waals surface area contributed by atoms with Crippen molar-refractivity contribution in [3.8, 4) is 0 Å². The lowest BCUT2D eigenvalue weighted by Gasteiger charge is -2.36. The number of pyridine rings is 3. The first-order valence-electron chi connectivity index (χ1n) is 8.97. The molecular formula is C19H19FN6O3S. The fraction of sp³-hybridized carbons (Fsp3) is 0.263. The van der Waals surface area contributed by atoms with E-state index in [2.05, 4.69) is 25.3 Å². The number of amidine groups is 1. The Balaban J connectivity index is 1.79. The third kappa shape index (κ3) is 3.15. The van der Waals surface area contributed by atoms with Gasteiger partial charge < -0.3 is 16.2 Å². The van der Waals surface area contributed by atoms with Crippen LogP contribution in [-0.4, -0.2) is 45.0 Å². The van der Waals surface area contributed by atoms with Gasteiger partial charge in [-0.1, -0.05) is 0 Å². The third-order valence-electron chi connectivity index (χ3n) is 5.11. The molecule has 1 aliphatic rings. The topological polar surface area (TPSA) is 143 Å². The molecule has 1 aliphatic heterocycles. The van der Waals surface area contributed by atoms with E-state index in [4.69, 9.17) is 5.73 Å². The molecule has 3 aromatic rings. The molecule has 0 radical (unpaired) electrons. The lowest BCUT2D eigenvalue weighted by molar-refractivity contribution is 0.204. The summed E-state index contributed by atoms with van der Waals surface area (Å²) in [5.41, 5.74) is 6.02. The predicted molar refractivity (Wildman–Crippen MR) is 110 cm³/mol. The maximum Gasteiger partial charge on any atom is 0.220 e. The van der Waals surface area contributed by atoms with Gasteiger partial charge in [-0.15, -0.1) is 0 Å². The maximum atomic E-state index is 14.7. The highest BCUT2D eigenvalue weighted by atomic mass is 32.2. The Bertz CT molecular complexity index is 1290. The third-order valence-corrected chi connectivity index (χ3v) is 7.48. The van der Waals surface area contributed by atoms with E-state index < -0.39 is 37.7 Å². The SMILES string of the molecule is C[C@]1(O)C(N)=N[C@](C)(c2cc(Nc3ccnc4cccnc34)ncc2F)CS1(=O)=O. The number of hydrogen-bond acceptors (Lipinski definition) is 9. The van der Waals surface area contributed by atoms with E-state index in [0.29, 0.717) is 16.7 Å². The van der Waals surface area contributed by atoms with E-state index in [0.717, 1.165) is 13.1 Å². The first-order valence-corrected chi connectivity index (χ1v) is 10.6. The summed E-state index contributed by atoms with van der Waals surface area (Å²) in [4.78, 5) is 14.4. The first-order chi connectivity index (χ1) is 14.0. The van der Waals surface area contributed by atoms with E-state index in [9.17, 15) is 17.9 Å². The van der Waals surface area contributed by atoms with Gasteiger partial charge in [0, 0.05) is 18.0 Å². The zero-order valence-corrected chi connectivity index (χ0v) is 17.0. The smallest absolute Gasteiger partial charge is 0.220 e. The number of anilines is 2. The van der Waals surface area contributed by atoms with Crippen molar-refractivity contribution in [1.29, 1.82) is 0 Å². The molecule has 3 aromatic heterocycles. The average molecular weight is 430 g/mol. The summed E-state index contributed by atoms with van der Waals surface area (Å²) in [6, 6.07) is 6.63. The molecule has 0 aromatic carbocycles. The number of hydrogen-bond donors (Lipinski definition) is 3. The molecule has 0 aliphatic carbocycles. The van der Waals surface area contributed by atoms with Crippen LogP contribution in [0, 0.1) is 5.82 Å². The van der Waals surface area contributed by atoms with Crippen LogP contribution in [0.1, 0.15) is 19.4 Å². The molecule has 0 spiro atoms. The Morgan fingerprint density at radius 1 is 1.20 bits per heavy atom. The van der Waals surface area contributed by atoms with E-state index in [1.165, 1.54) is 13.0 Å². The number of aromatic nitrogens is 3. The average Bonchev–Trinajstić information content (AvgIpc) is 2.68. The number of nitrogens with zero attached hydrogens (tertiary/aromatic N) is 4. The predicted octanol–water partition coefficient (Wildman–Crippen LogP) is 1.62. The van der Waals surface area contributed by atoms with Gasteiger partial charge in [0.15, 0.2) is 9.84 Å². The van der Waals surface area contributed by atoms with E-state index in [1.54, 1.807) is 30.6 Å².